The highest BCUT2D eigenvalue weighted by Crippen LogP contribution is 2.41. The van der Waals surface area contributed by atoms with Gasteiger partial charge in [0.25, 0.3) is 0 Å². The smallest absolute Gasteiger partial charge is 0.416 e. The van der Waals surface area contributed by atoms with Gasteiger partial charge in [-0.05, 0) is 123 Å². The number of alkyl halides is 12. The van der Waals surface area contributed by atoms with Crippen molar-refractivity contribution in [3.63, 3.8) is 0 Å². The zero-order valence-corrected chi connectivity index (χ0v) is 43.1. The van der Waals surface area contributed by atoms with E-state index >= 15 is 0 Å². The van der Waals surface area contributed by atoms with Crippen molar-refractivity contribution >= 4 is 57.6 Å². The van der Waals surface area contributed by atoms with Gasteiger partial charge in [-0.3, -0.25) is 19.4 Å². The summed E-state index contributed by atoms with van der Waals surface area (Å²) in [5.41, 5.74) is -7.37. The minimum Gasteiger partial charge on any atom is -0.462 e. The first-order valence-corrected chi connectivity index (χ1v) is 25.4. The molecule has 416 valence electrons. The Balaban J connectivity index is 0.897. The molecule has 26 heteroatoms. The summed E-state index contributed by atoms with van der Waals surface area (Å²) in [6, 6.07) is 3.27. The van der Waals surface area contributed by atoms with Gasteiger partial charge in [0.05, 0.1) is 45.3 Å². The number of allylic oxidation sites excluding steroid dienone is 2. The van der Waals surface area contributed by atoms with Crippen LogP contribution in [0.5, 0.6) is 0 Å². The minimum absolute atomic E-state index is 0.0733. The van der Waals surface area contributed by atoms with Gasteiger partial charge >= 0.3 is 47.1 Å². The first kappa shape index (κ1) is 59.9. The van der Waals surface area contributed by atoms with Crippen LogP contribution in [0, 0.1) is 22.7 Å². The molecule has 0 atom stereocenters. The Morgan fingerprint density at radius 1 is 0.579 bits per heavy atom. The molecule has 2 saturated heterocycles. The number of ether oxygens (including phenoxy) is 2. The van der Waals surface area contributed by atoms with Crippen molar-refractivity contribution in [1.82, 2.24) is 20.4 Å². The van der Waals surface area contributed by atoms with Gasteiger partial charge in [0.1, 0.15) is 11.7 Å². The molecule has 4 heterocycles. The second-order valence-corrected chi connectivity index (χ2v) is 22.3. The van der Waals surface area contributed by atoms with Crippen LogP contribution in [0.2, 0.25) is 0 Å². The number of benzene rings is 2. The highest BCUT2D eigenvalue weighted by Gasteiger charge is 2.40. The van der Waals surface area contributed by atoms with Crippen molar-refractivity contribution in [3.8, 4) is 0 Å². The van der Waals surface area contributed by atoms with E-state index in [0.717, 1.165) is 47.8 Å². The monoisotopic (exact) mass is 1130 g/mol. The average molecular weight is 1130 g/mol. The van der Waals surface area contributed by atoms with Crippen molar-refractivity contribution in [2.75, 3.05) is 52.5 Å². The lowest BCUT2D eigenvalue weighted by Gasteiger charge is -2.31. The Bertz CT molecular complexity index is 2470. The first-order valence-electron chi connectivity index (χ1n) is 23.8. The van der Waals surface area contributed by atoms with E-state index < -0.39 is 80.2 Å². The summed E-state index contributed by atoms with van der Waals surface area (Å²) in [6.45, 7) is 8.29. The minimum atomic E-state index is -4.97. The lowest BCUT2D eigenvalue weighted by molar-refractivity contribution is -0.145. The zero-order chi connectivity index (χ0) is 56.0. The largest absolute Gasteiger partial charge is 0.462 e. The number of amides is 2. The second kappa shape index (κ2) is 24.1. The maximum atomic E-state index is 13.7. The lowest BCUT2D eigenvalue weighted by Crippen LogP contribution is -2.37. The van der Waals surface area contributed by atoms with Crippen LogP contribution in [0.25, 0.3) is 0 Å². The number of hydrogen-bond acceptors (Lipinski definition) is 12. The van der Waals surface area contributed by atoms with Crippen LogP contribution >= 0.6 is 23.5 Å². The van der Waals surface area contributed by atoms with Gasteiger partial charge in [0.15, 0.2) is 0 Å². The van der Waals surface area contributed by atoms with E-state index in [9.17, 15) is 71.9 Å². The van der Waals surface area contributed by atoms with Crippen molar-refractivity contribution in [1.29, 1.82) is 0 Å². The van der Waals surface area contributed by atoms with E-state index in [4.69, 9.17) is 9.47 Å². The van der Waals surface area contributed by atoms with Crippen LogP contribution < -0.4 is 10.6 Å². The number of nitrogens with one attached hydrogen (secondary N) is 2. The molecule has 0 saturated carbocycles. The molecule has 4 aliphatic heterocycles. The van der Waals surface area contributed by atoms with Gasteiger partial charge in [-0.2, -0.15) is 62.7 Å². The second-order valence-electron chi connectivity index (χ2n) is 20.3. The number of carbonyl (C=O) groups excluding carboxylic acids is 4. The highest BCUT2D eigenvalue weighted by atomic mass is 32.2. The predicted molar refractivity (Wildman–Crippen MR) is 261 cm³/mol. The van der Waals surface area contributed by atoms with Gasteiger partial charge in [-0.15, -0.1) is 0 Å². The van der Waals surface area contributed by atoms with E-state index in [-0.39, 0.29) is 74.5 Å². The summed E-state index contributed by atoms with van der Waals surface area (Å²) in [6.07, 6.45) is -12.3. The molecular weight excluding hydrogens is 1070 g/mol. The molecule has 0 radical (unpaired) electrons. The van der Waals surface area contributed by atoms with Gasteiger partial charge in [0.2, 0.25) is 0 Å². The molecule has 0 aromatic heterocycles. The van der Waals surface area contributed by atoms with E-state index in [1.165, 1.54) is 0 Å². The molecule has 12 nitrogen and oxygen atoms in total. The van der Waals surface area contributed by atoms with E-state index in [2.05, 4.69) is 20.6 Å². The number of likely N-dealkylation sites (tertiary alicyclic amines) is 2. The third-order valence-electron chi connectivity index (χ3n) is 12.6. The van der Waals surface area contributed by atoms with Crippen LogP contribution in [0.15, 0.2) is 80.5 Å². The third kappa shape index (κ3) is 17.6. The summed E-state index contributed by atoms with van der Waals surface area (Å²) in [5, 5.41) is 5.29. The molecule has 6 rings (SSSR count). The fraction of sp³-hybridized carbons (Fsp3) is 0.520. The van der Waals surface area contributed by atoms with Crippen LogP contribution in [0.1, 0.15) is 86.8 Å². The molecular formula is C50H54F12N6O6S2. The topological polar surface area (TPSA) is 142 Å². The summed E-state index contributed by atoms with van der Waals surface area (Å²) in [7, 11) is 0. The van der Waals surface area contributed by atoms with Crippen LogP contribution in [0.3, 0.4) is 0 Å². The molecule has 2 N–H and O–H groups in total. The van der Waals surface area contributed by atoms with E-state index in [0.29, 0.717) is 85.5 Å². The number of esters is 2. The van der Waals surface area contributed by atoms with Gasteiger partial charge < -0.3 is 20.1 Å². The number of halogens is 12. The highest BCUT2D eigenvalue weighted by molar-refractivity contribution is 8.18. The fourth-order valence-electron chi connectivity index (χ4n) is 8.39. The standard InChI is InChI=1S/C50H54F12N6O6S2/c1-45(2,25-63-41-37(75-43(71)65-41)19-29-11-15-67(16-12-29)23-31-5-7-33(47(51,52)53)21-35(31)49(57,58)59)27-73-39(69)9-10-40(70)74-28-46(3,4)26-64-42-38(76-44(72)66-42)20-30-13-17-68(18-14-30)24-32-6-8-34(48(54,55)56)22-36(32)50(60,61)62/h5-10,19-22,29-30H,11-18,23-28H2,1-4H3,(H,63,65,71)(H,64,66,72)/b10-9+,37-19?,38-20?. The maximum Gasteiger partial charge on any atom is 0.416 e. The molecule has 2 fully saturated rings. The Labute approximate surface area is 438 Å². The number of hydrogen-bond donors (Lipinski definition) is 2. The zero-order valence-electron chi connectivity index (χ0n) is 41.4. The molecule has 0 aliphatic carbocycles. The Morgan fingerprint density at radius 2 is 0.921 bits per heavy atom. The number of carbonyl (C=O) groups is 4. The molecule has 0 spiro atoms. The van der Waals surface area contributed by atoms with Crippen LogP contribution in [-0.2, 0) is 56.9 Å². The summed E-state index contributed by atoms with van der Waals surface area (Å²) in [4.78, 5) is 62.5. The lowest BCUT2D eigenvalue weighted by atomic mass is 9.94. The molecule has 76 heavy (non-hydrogen) atoms. The molecule has 2 aromatic rings. The van der Waals surface area contributed by atoms with Gasteiger partial charge in [-0.1, -0.05) is 52.0 Å². The SMILES string of the molecule is CC(C)(CNC1=NC(=O)SC1=CC1CCN(Cc2ccc(C(F)(F)F)cc2C(F)(F)F)CC1)COC(=O)/C=C/C(=O)OCC(C)(C)CNC1=NC(=O)SC1=CC1CCN(Cc2ccc(C(F)(F)F)cc2C(F)(F)F)CC1. The third-order valence-corrected chi connectivity index (χ3v) is 14.2. The fourth-order valence-corrected chi connectivity index (χ4v) is 9.99. The average Bonchev–Trinajstić information content (AvgIpc) is 3.86. The summed E-state index contributed by atoms with van der Waals surface area (Å²) >= 11 is 1.80. The molecule has 2 aromatic carbocycles. The number of piperidine rings is 2. The first-order chi connectivity index (χ1) is 35.2. The van der Waals surface area contributed by atoms with Crippen LogP contribution in [-0.4, -0.2) is 96.4 Å². The van der Waals surface area contributed by atoms with E-state index in [1.807, 2.05) is 12.2 Å². The summed E-state index contributed by atoms with van der Waals surface area (Å²) in [5.74, 6) is -1.23. The number of thioether (sulfide) groups is 2. The van der Waals surface area contributed by atoms with Gasteiger partial charge in [0, 0.05) is 49.2 Å². The van der Waals surface area contributed by atoms with Crippen molar-refractivity contribution in [3.05, 3.63) is 104 Å². The van der Waals surface area contributed by atoms with Crippen molar-refractivity contribution in [2.45, 2.75) is 91.2 Å². The molecule has 0 bridgehead atoms. The molecule has 0 unspecified atom stereocenters. The predicted octanol–water partition coefficient (Wildman–Crippen LogP) is 12.1. The van der Waals surface area contributed by atoms with Crippen LogP contribution in [0.4, 0.5) is 62.3 Å². The molecule has 4 aliphatic rings. The van der Waals surface area contributed by atoms with Crippen molar-refractivity contribution in [2.24, 2.45) is 32.7 Å². The number of aliphatic imine (C=N–C) groups is 2. The summed E-state index contributed by atoms with van der Waals surface area (Å²) < 4.78 is 172. The number of nitrogens with zero attached hydrogens (tertiary/aromatic N) is 4. The van der Waals surface area contributed by atoms with Crippen molar-refractivity contribution < 1.29 is 81.3 Å². The Hall–Kier alpha value is -5.34. The van der Waals surface area contributed by atoms with E-state index in [1.54, 1.807) is 37.5 Å². The Kier molecular flexibility index (Phi) is 19.0. The number of amidine groups is 2. The molecule has 2 amide bonds. The maximum absolute atomic E-state index is 13.7. The quantitative estimate of drug-likeness (QED) is 0.0939. The normalized spacial score (nSPS) is 19.5. The number of rotatable bonds is 16. The Morgan fingerprint density at radius 3 is 1.24 bits per heavy atom. The van der Waals surface area contributed by atoms with Gasteiger partial charge in [-0.25, -0.2) is 9.59 Å².